The molecule has 0 saturated heterocycles. The summed E-state index contributed by atoms with van der Waals surface area (Å²) >= 11 is 0. The molecule has 0 heterocycles. The van der Waals surface area contributed by atoms with E-state index in [2.05, 4.69) is 0 Å². The highest BCUT2D eigenvalue weighted by Gasteiger charge is 2.14. The Kier molecular flexibility index (Phi) is 3.58. The molecule has 0 aliphatic carbocycles. The van der Waals surface area contributed by atoms with Crippen LogP contribution in [0.2, 0.25) is 0 Å². The van der Waals surface area contributed by atoms with Crippen LogP contribution in [0.4, 0.5) is 10.1 Å². The summed E-state index contributed by atoms with van der Waals surface area (Å²) in [4.78, 5) is 12.2. The first-order valence-electron chi connectivity index (χ1n) is 5.68. The number of hydrogen-bond donors (Lipinski definition) is 1. The zero-order valence-electron chi connectivity index (χ0n) is 10.1. The van der Waals surface area contributed by atoms with Gasteiger partial charge in [-0.05, 0) is 35.9 Å². The van der Waals surface area contributed by atoms with Gasteiger partial charge in [-0.3, -0.25) is 4.79 Å². The Labute approximate surface area is 110 Å². The van der Waals surface area contributed by atoms with Crippen molar-refractivity contribution < 1.29 is 9.18 Å². The number of nitriles is 1. The molecule has 0 fully saturated rings. The van der Waals surface area contributed by atoms with Crippen LogP contribution in [0, 0.1) is 17.1 Å². The highest BCUT2D eigenvalue weighted by Crippen LogP contribution is 2.21. The van der Waals surface area contributed by atoms with E-state index in [9.17, 15) is 9.18 Å². The Morgan fingerprint density at radius 1 is 1.21 bits per heavy atom. The minimum absolute atomic E-state index is 0.149. The molecule has 2 aromatic carbocycles. The van der Waals surface area contributed by atoms with Crippen LogP contribution in [0.3, 0.4) is 0 Å². The number of ketones is 1. The summed E-state index contributed by atoms with van der Waals surface area (Å²) in [6.45, 7) is 0. The van der Waals surface area contributed by atoms with Crippen molar-refractivity contribution in [2.75, 3.05) is 5.73 Å². The summed E-state index contributed by atoms with van der Waals surface area (Å²) in [6, 6.07) is 12.3. The summed E-state index contributed by atoms with van der Waals surface area (Å²) < 4.78 is 12.8. The quantitative estimate of drug-likeness (QED) is 0.676. The summed E-state index contributed by atoms with van der Waals surface area (Å²) in [5.41, 5.74) is 7.51. The molecule has 0 saturated carbocycles. The lowest BCUT2D eigenvalue weighted by molar-refractivity contribution is 0.103. The van der Waals surface area contributed by atoms with Crippen LogP contribution in [-0.4, -0.2) is 5.78 Å². The molecular weight excluding hydrogens is 243 g/mol. The van der Waals surface area contributed by atoms with E-state index in [0.717, 1.165) is 0 Å². The fourth-order valence-electron chi connectivity index (χ4n) is 1.81. The fourth-order valence-corrected chi connectivity index (χ4v) is 1.81. The standard InChI is InChI=1S/C15H11FN2O/c16-12-6-4-11(5-7-12)15(19)13-3-1-2-10(8-9-17)14(13)18/h1-7H,8,18H2. The number of nitrogens with two attached hydrogens (primary N) is 1. The van der Waals surface area contributed by atoms with Gasteiger partial charge in [0.1, 0.15) is 5.82 Å². The minimum Gasteiger partial charge on any atom is -0.398 e. The molecule has 0 bridgehead atoms. The molecule has 2 rings (SSSR count). The van der Waals surface area contributed by atoms with Gasteiger partial charge in [0.15, 0.2) is 5.78 Å². The second-order valence-electron chi connectivity index (χ2n) is 4.05. The van der Waals surface area contributed by atoms with E-state index in [4.69, 9.17) is 11.0 Å². The summed E-state index contributed by atoms with van der Waals surface area (Å²) in [7, 11) is 0. The number of para-hydroxylation sites is 1. The van der Waals surface area contributed by atoms with Crippen molar-refractivity contribution in [2.24, 2.45) is 0 Å². The molecule has 4 heteroatoms. The lowest BCUT2D eigenvalue weighted by atomic mass is 9.98. The molecule has 0 aliphatic rings. The first kappa shape index (κ1) is 12.8. The molecule has 19 heavy (non-hydrogen) atoms. The van der Waals surface area contributed by atoms with E-state index in [0.29, 0.717) is 22.4 Å². The maximum Gasteiger partial charge on any atom is 0.195 e. The number of carbonyl (C=O) groups is 1. The van der Waals surface area contributed by atoms with Crippen molar-refractivity contribution in [3.05, 3.63) is 65.0 Å². The molecule has 2 aromatic rings. The number of carbonyl (C=O) groups excluding carboxylic acids is 1. The second-order valence-corrected chi connectivity index (χ2v) is 4.05. The maximum absolute atomic E-state index is 12.8. The van der Waals surface area contributed by atoms with Gasteiger partial charge < -0.3 is 5.73 Å². The molecule has 0 aromatic heterocycles. The largest absolute Gasteiger partial charge is 0.398 e. The van der Waals surface area contributed by atoms with E-state index in [-0.39, 0.29) is 12.2 Å². The van der Waals surface area contributed by atoms with Crippen LogP contribution < -0.4 is 5.73 Å². The molecular formula is C15H11FN2O. The van der Waals surface area contributed by atoms with E-state index in [1.807, 2.05) is 6.07 Å². The molecule has 0 unspecified atom stereocenters. The van der Waals surface area contributed by atoms with Crippen LogP contribution in [0.15, 0.2) is 42.5 Å². The van der Waals surface area contributed by atoms with Gasteiger partial charge in [0.05, 0.1) is 12.5 Å². The van der Waals surface area contributed by atoms with Crippen molar-refractivity contribution in [3.8, 4) is 6.07 Å². The average molecular weight is 254 g/mol. The Morgan fingerprint density at radius 2 is 1.89 bits per heavy atom. The molecule has 0 spiro atoms. The zero-order chi connectivity index (χ0) is 13.8. The lowest BCUT2D eigenvalue weighted by Crippen LogP contribution is -2.07. The van der Waals surface area contributed by atoms with Crippen molar-refractivity contribution in [1.82, 2.24) is 0 Å². The summed E-state index contributed by atoms with van der Waals surface area (Å²) in [6.07, 6.45) is 0.149. The third kappa shape index (κ3) is 2.61. The number of anilines is 1. The number of hydrogen-bond acceptors (Lipinski definition) is 3. The predicted octanol–water partition coefficient (Wildman–Crippen LogP) is 2.70. The first-order chi connectivity index (χ1) is 9.13. The normalized spacial score (nSPS) is 9.89. The Bertz CT molecular complexity index is 657. The van der Waals surface area contributed by atoms with E-state index < -0.39 is 5.82 Å². The number of nitrogen functional groups attached to an aromatic ring is 1. The molecule has 2 N–H and O–H groups in total. The number of nitrogens with zero attached hydrogens (tertiary/aromatic N) is 1. The third-order valence-corrected chi connectivity index (χ3v) is 2.82. The van der Waals surface area contributed by atoms with E-state index in [1.165, 1.54) is 24.3 Å². The van der Waals surface area contributed by atoms with E-state index >= 15 is 0 Å². The summed E-state index contributed by atoms with van der Waals surface area (Å²) in [5, 5.41) is 8.69. The van der Waals surface area contributed by atoms with Crippen LogP contribution in [0.5, 0.6) is 0 Å². The molecule has 0 aliphatic heterocycles. The van der Waals surface area contributed by atoms with Gasteiger partial charge in [-0.2, -0.15) is 5.26 Å². The van der Waals surface area contributed by atoms with E-state index in [1.54, 1.807) is 18.2 Å². The Balaban J connectivity index is 2.42. The maximum atomic E-state index is 12.8. The minimum atomic E-state index is -0.400. The molecule has 0 radical (unpaired) electrons. The average Bonchev–Trinajstić information content (AvgIpc) is 2.41. The fraction of sp³-hybridized carbons (Fsp3) is 0.0667. The number of rotatable bonds is 3. The third-order valence-electron chi connectivity index (χ3n) is 2.82. The van der Waals surface area contributed by atoms with Gasteiger partial charge >= 0.3 is 0 Å². The summed E-state index contributed by atoms with van der Waals surface area (Å²) in [5.74, 6) is -0.681. The monoisotopic (exact) mass is 254 g/mol. The second kappa shape index (κ2) is 5.32. The van der Waals surface area contributed by atoms with Gasteiger partial charge in [-0.15, -0.1) is 0 Å². The lowest BCUT2D eigenvalue weighted by Gasteiger charge is -2.08. The van der Waals surface area contributed by atoms with Gasteiger partial charge in [0.25, 0.3) is 0 Å². The molecule has 94 valence electrons. The SMILES string of the molecule is N#CCc1cccc(C(=O)c2ccc(F)cc2)c1N. The number of benzene rings is 2. The molecule has 0 atom stereocenters. The predicted molar refractivity (Wildman–Crippen MR) is 70.0 cm³/mol. The zero-order valence-corrected chi connectivity index (χ0v) is 10.1. The van der Waals surface area contributed by atoms with Gasteiger partial charge in [0.2, 0.25) is 0 Å². The van der Waals surface area contributed by atoms with Crippen LogP contribution in [0.1, 0.15) is 21.5 Å². The molecule has 0 amide bonds. The van der Waals surface area contributed by atoms with Crippen molar-refractivity contribution in [3.63, 3.8) is 0 Å². The van der Waals surface area contributed by atoms with Crippen LogP contribution >= 0.6 is 0 Å². The highest BCUT2D eigenvalue weighted by atomic mass is 19.1. The number of halogens is 1. The van der Waals surface area contributed by atoms with Crippen molar-refractivity contribution >= 4 is 11.5 Å². The highest BCUT2D eigenvalue weighted by molar-refractivity contribution is 6.12. The Hall–Kier alpha value is -2.67. The molecule has 3 nitrogen and oxygen atoms in total. The smallest absolute Gasteiger partial charge is 0.195 e. The topological polar surface area (TPSA) is 66.9 Å². The van der Waals surface area contributed by atoms with Gasteiger partial charge in [0, 0.05) is 16.8 Å². The Morgan fingerprint density at radius 3 is 2.53 bits per heavy atom. The van der Waals surface area contributed by atoms with Gasteiger partial charge in [-0.25, -0.2) is 4.39 Å². The first-order valence-corrected chi connectivity index (χ1v) is 5.68. The van der Waals surface area contributed by atoms with Crippen LogP contribution in [0.25, 0.3) is 0 Å². The van der Waals surface area contributed by atoms with Crippen molar-refractivity contribution in [1.29, 1.82) is 5.26 Å². The van der Waals surface area contributed by atoms with Crippen LogP contribution in [-0.2, 0) is 6.42 Å². The van der Waals surface area contributed by atoms with Crippen molar-refractivity contribution in [2.45, 2.75) is 6.42 Å². The van der Waals surface area contributed by atoms with Gasteiger partial charge in [-0.1, -0.05) is 12.1 Å².